The highest BCUT2D eigenvalue weighted by Crippen LogP contribution is 2.13. The molecule has 0 amide bonds. The van der Waals surface area contributed by atoms with Gasteiger partial charge in [-0.1, -0.05) is 42.5 Å². The normalized spacial score (nSPS) is 10.6. The number of hydrogen-bond acceptors (Lipinski definition) is 3. The standard InChI is InChI=1S/C18H24N2O/c1-20(2)18-10-6-9-17(13-18)15-21-12-11-19-14-16-7-4-3-5-8-16/h3-10,13,19H,11-12,14-15H2,1-2H3. The lowest BCUT2D eigenvalue weighted by atomic mass is 10.2. The second-order valence-corrected chi connectivity index (χ2v) is 5.28. The number of rotatable bonds is 8. The zero-order valence-electron chi connectivity index (χ0n) is 12.9. The van der Waals surface area contributed by atoms with Crippen LogP contribution in [0.4, 0.5) is 5.69 Å². The van der Waals surface area contributed by atoms with Crippen LogP contribution in [0.25, 0.3) is 0 Å². The first-order chi connectivity index (χ1) is 10.3. The van der Waals surface area contributed by atoms with Gasteiger partial charge in [-0.3, -0.25) is 0 Å². The molecular weight excluding hydrogens is 260 g/mol. The molecule has 112 valence electrons. The second-order valence-electron chi connectivity index (χ2n) is 5.28. The molecule has 0 saturated heterocycles. The average Bonchev–Trinajstić information content (AvgIpc) is 2.52. The zero-order valence-corrected chi connectivity index (χ0v) is 12.9. The van der Waals surface area contributed by atoms with Crippen molar-refractivity contribution >= 4 is 5.69 Å². The lowest BCUT2D eigenvalue weighted by molar-refractivity contribution is 0.122. The summed E-state index contributed by atoms with van der Waals surface area (Å²) in [4.78, 5) is 2.10. The molecule has 0 radical (unpaired) electrons. The van der Waals surface area contributed by atoms with Crippen molar-refractivity contribution in [2.75, 3.05) is 32.1 Å². The van der Waals surface area contributed by atoms with Crippen LogP contribution in [0.3, 0.4) is 0 Å². The Morgan fingerprint density at radius 3 is 2.48 bits per heavy atom. The average molecular weight is 284 g/mol. The van der Waals surface area contributed by atoms with Gasteiger partial charge in [0.25, 0.3) is 0 Å². The van der Waals surface area contributed by atoms with Gasteiger partial charge in [-0.05, 0) is 23.3 Å². The Morgan fingerprint density at radius 1 is 0.952 bits per heavy atom. The van der Waals surface area contributed by atoms with Gasteiger partial charge in [0.2, 0.25) is 0 Å². The summed E-state index contributed by atoms with van der Waals surface area (Å²) < 4.78 is 5.71. The van der Waals surface area contributed by atoms with Crippen LogP contribution in [-0.2, 0) is 17.9 Å². The Bertz CT molecular complexity index is 526. The van der Waals surface area contributed by atoms with Crippen LogP contribution in [0.1, 0.15) is 11.1 Å². The highest BCUT2D eigenvalue weighted by Gasteiger charge is 1.98. The molecule has 0 heterocycles. The minimum atomic E-state index is 0.661. The molecule has 0 saturated carbocycles. The Kier molecular flexibility index (Phi) is 6.25. The van der Waals surface area contributed by atoms with Crippen LogP contribution in [0, 0.1) is 0 Å². The molecule has 3 heteroatoms. The molecule has 0 aliphatic heterocycles. The summed E-state index contributed by atoms with van der Waals surface area (Å²) in [7, 11) is 4.10. The molecular formula is C18H24N2O. The minimum Gasteiger partial charge on any atom is -0.378 e. The van der Waals surface area contributed by atoms with E-state index >= 15 is 0 Å². The van der Waals surface area contributed by atoms with Crippen LogP contribution in [0.15, 0.2) is 54.6 Å². The van der Waals surface area contributed by atoms with Gasteiger partial charge in [0, 0.05) is 32.9 Å². The first-order valence-corrected chi connectivity index (χ1v) is 7.34. The van der Waals surface area contributed by atoms with E-state index in [1.165, 1.54) is 16.8 Å². The van der Waals surface area contributed by atoms with Crippen molar-refractivity contribution in [3.05, 3.63) is 65.7 Å². The van der Waals surface area contributed by atoms with E-state index in [1.807, 2.05) is 20.2 Å². The van der Waals surface area contributed by atoms with Crippen LogP contribution in [0.5, 0.6) is 0 Å². The number of benzene rings is 2. The van der Waals surface area contributed by atoms with Gasteiger partial charge in [-0.25, -0.2) is 0 Å². The van der Waals surface area contributed by atoms with E-state index in [2.05, 4.69) is 58.7 Å². The first-order valence-electron chi connectivity index (χ1n) is 7.34. The summed E-state index contributed by atoms with van der Waals surface area (Å²) in [5, 5.41) is 3.38. The molecule has 0 spiro atoms. The Labute approximate surface area is 127 Å². The molecule has 1 N–H and O–H groups in total. The molecule has 3 nitrogen and oxygen atoms in total. The van der Waals surface area contributed by atoms with Gasteiger partial charge in [-0.15, -0.1) is 0 Å². The number of ether oxygens (including phenoxy) is 1. The summed E-state index contributed by atoms with van der Waals surface area (Å²) in [6, 6.07) is 18.8. The zero-order chi connectivity index (χ0) is 14.9. The molecule has 2 aromatic carbocycles. The third kappa shape index (κ3) is 5.58. The summed E-state index contributed by atoms with van der Waals surface area (Å²) in [6.07, 6.45) is 0. The SMILES string of the molecule is CN(C)c1cccc(COCCNCc2ccccc2)c1. The third-order valence-corrected chi connectivity index (χ3v) is 3.29. The van der Waals surface area contributed by atoms with Crippen molar-refractivity contribution in [1.82, 2.24) is 5.32 Å². The Hall–Kier alpha value is -1.84. The fourth-order valence-corrected chi connectivity index (χ4v) is 2.09. The fourth-order valence-electron chi connectivity index (χ4n) is 2.09. The van der Waals surface area contributed by atoms with Crippen LogP contribution < -0.4 is 10.2 Å². The fraction of sp³-hybridized carbons (Fsp3) is 0.333. The van der Waals surface area contributed by atoms with E-state index in [9.17, 15) is 0 Å². The maximum Gasteiger partial charge on any atom is 0.0718 e. The smallest absolute Gasteiger partial charge is 0.0718 e. The van der Waals surface area contributed by atoms with Crippen LogP contribution in [0.2, 0.25) is 0 Å². The van der Waals surface area contributed by atoms with Crippen molar-refractivity contribution in [2.45, 2.75) is 13.2 Å². The monoisotopic (exact) mass is 284 g/mol. The molecule has 0 aliphatic carbocycles. The van der Waals surface area contributed by atoms with Crippen molar-refractivity contribution in [3.8, 4) is 0 Å². The van der Waals surface area contributed by atoms with Gasteiger partial charge in [0.15, 0.2) is 0 Å². The van der Waals surface area contributed by atoms with Crippen molar-refractivity contribution in [3.63, 3.8) is 0 Å². The number of nitrogens with one attached hydrogen (secondary N) is 1. The lowest BCUT2D eigenvalue weighted by Gasteiger charge is -2.13. The molecule has 0 fully saturated rings. The largest absolute Gasteiger partial charge is 0.378 e. The predicted octanol–water partition coefficient (Wildman–Crippen LogP) is 3.06. The second kappa shape index (κ2) is 8.45. The lowest BCUT2D eigenvalue weighted by Crippen LogP contribution is -2.19. The summed E-state index contributed by atoms with van der Waals surface area (Å²) in [6.45, 7) is 3.14. The highest BCUT2D eigenvalue weighted by molar-refractivity contribution is 5.46. The molecule has 0 aromatic heterocycles. The maximum absolute atomic E-state index is 5.71. The van der Waals surface area contributed by atoms with E-state index in [0.717, 1.165) is 19.7 Å². The topological polar surface area (TPSA) is 24.5 Å². The molecule has 2 aromatic rings. The quantitative estimate of drug-likeness (QED) is 0.754. The van der Waals surface area contributed by atoms with Crippen molar-refractivity contribution < 1.29 is 4.74 Å². The maximum atomic E-state index is 5.71. The van der Waals surface area contributed by atoms with Crippen LogP contribution in [-0.4, -0.2) is 27.2 Å². The van der Waals surface area contributed by atoms with E-state index in [1.54, 1.807) is 0 Å². The molecule has 0 bridgehead atoms. The van der Waals surface area contributed by atoms with Crippen LogP contribution >= 0.6 is 0 Å². The number of nitrogens with zero attached hydrogens (tertiary/aromatic N) is 1. The van der Waals surface area contributed by atoms with Gasteiger partial charge < -0.3 is 15.0 Å². The highest BCUT2D eigenvalue weighted by atomic mass is 16.5. The first kappa shape index (κ1) is 15.5. The Morgan fingerprint density at radius 2 is 1.71 bits per heavy atom. The van der Waals surface area contributed by atoms with Crippen molar-refractivity contribution in [1.29, 1.82) is 0 Å². The van der Waals surface area contributed by atoms with E-state index in [-0.39, 0.29) is 0 Å². The van der Waals surface area contributed by atoms with Crippen molar-refractivity contribution in [2.24, 2.45) is 0 Å². The number of anilines is 1. The minimum absolute atomic E-state index is 0.661. The summed E-state index contributed by atoms with van der Waals surface area (Å²) in [5.41, 5.74) is 3.72. The molecule has 0 unspecified atom stereocenters. The predicted molar refractivity (Wildman–Crippen MR) is 88.6 cm³/mol. The molecule has 21 heavy (non-hydrogen) atoms. The van der Waals surface area contributed by atoms with E-state index in [4.69, 9.17) is 4.74 Å². The number of hydrogen-bond donors (Lipinski definition) is 1. The van der Waals surface area contributed by atoms with Gasteiger partial charge in [-0.2, -0.15) is 0 Å². The van der Waals surface area contributed by atoms with E-state index < -0.39 is 0 Å². The van der Waals surface area contributed by atoms with E-state index in [0.29, 0.717) is 6.61 Å². The van der Waals surface area contributed by atoms with Gasteiger partial charge >= 0.3 is 0 Å². The summed E-state index contributed by atoms with van der Waals surface area (Å²) >= 11 is 0. The van der Waals surface area contributed by atoms with Gasteiger partial charge in [0.1, 0.15) is 0 Å². The Balaban J connectivity index is 1.62. The molecule has 2 rings (SSSR count). The molecule has 0 atom stereocenters. The molecule has 0 aliphatic rings. The van der Waals surface area contributed by atoms with Gasteiger partial charge in [0.05, 0.1) is 13.2 Å². The summed E-state index contributed by atoms with van der Waals surface area (Å²) in [5.74, 6) is 0. The third-order valence-electron chi connectivity index (χ3n) is 3.29.